The van der Waals surface area contributed by atoms with Crippen LogP contribution in [0.15, 0.2) is 59.3 Å². The highest BCUT2D eigenvalue weighted by Gasteiger charge is 2.21. The summed E-state index contributed by atoms with van der Waals surface area (Å²) in [4.78, 5) is 30.2. The second kappa shape index (κ2) is 10.2. The Bertz CT molecular complexity index is 1660. The molecule has 0 aliphatic heterocycles. The predicted molar refractivity (Wildman–Crippen MR) is 152 cm³/mol. The smallest absolute Gasteiger partial charge is 0.328 e. The maximum absolute atomic E-state index is 12.4. The number of urea groups is 1. The van der Waals surface area contributed by atoms with Gasteiger partial charge in [0.05, 0.1) is 15.9 Å². The van der Waals surface area contributed by atoms with Gasteiger partial charge in [-0.25, -0.2) is 14.6 Å². The second-order valence-electron chi connectivity index (χ2n) is 10.7. The molecule has 0 spiro atoms. The molecule has 2 aromatic carbocycles. The fourth-order valence-corrected chi connectivity index (χ4v) is 4.87. The average Bonchev–Trinajstić information content (AvgIpc) is 3.58. The van der Waals surface area contributed by atoms with Gasteiger partial charge in [-0.15, -0.1) is 0 Å². The van der Waals surface area contributed by atoms with Crippen LogP contribution in [0.4, 0.5) is 16.3 Å². The number of nitrogens with one attached hydrogen (secondary N) is 2. The van der Waals surface area contributed by atoms with Crippen LogP contribution in [0.3, 0.4) is 0 Å². The molecule has 0 aliphatic carbocycles. The molecule has 0 unspecified atom stereocenters. The van der Waals surface area contributed by atoms with Crippen LogP contribution in [-0.4, -0.2) is 32.6 Å². The minimum Gasteiger partial charge on any atom is -0.425 e. The Kier molecular flexibility index (Phi) is 6.87. The maximum Gasteiger partial charge on any atom is 0.328 e. The molecular formula is C28H30N6O4S. The Morgan fingerprint density at radius 1 is 1.08 bits per heavy atom. The zero-order valence-corrected chi connectivity index (χ0v) is 23.1. The van der Waals surface area contributed by atoms with Gasteiger partial charge in [0.15, 0.2) is 10.8 Å². The summed E-state index contributed by atoms with van der Waals surface area (Å²) >= 11 is 1.50. The number of anilines is 2. The monoisotopic (exact) mass is 546 g/mol. The second-order valence-corrected chi connectivity index (χ2v) is 11.7. The lowest BCUT2D eigenvalue weighted by Crippen LogP contribution is -2.38. The van der Waals surface area contributed by atoms with Crippen molar-refractivity contribution >= 4 is 50.0 Å². The standard InChI is InChI=1S/C28H30N6O4S/c1-15(2)24(29)25(35)37-18-10-11-20-21(12-18)39-27-31-19(14-34(20)27)16-6-8-17(9-7-16)30-26(36)32-23-13-22(38-33-23)28(3,4)5/h6-15,24H,29H2,1-5H3,(H2,30,32,33,36)/t24-/m1/s1. The van der Waals surface area contributed by atoms with Gasteiger partial charge in [-0.05, 0) is 30.2 Å². The molecule has 0 saturated carbocycles. The van der Waals surface area contributed by atoms with E-state index in [2.05, 4.69) is 15.8 Å². The molecule has 0 saturated heterocycles. The first-order valence-electron chi connectivity index (χ1n) is 12.5. The summed E-state index contributed by atoms with van der Waals surface area (Å²) < 4.78 is 13.7. The van der Waals surface area contributed by atoms with E-state index in [1.807, 2.05) is 81.6 Å². The first kappa shape index (κ1) is 26.4. The molecule has 10 nitrogen and oxygen atoms in total. The van der Waals surface area contributed by atoms with E-state index in [1.165, 1.54) is 11.3 Å². The molecule has 39 heavy (non-hydrogen) atoms. The predicted octanol–water partition coefficient (Wildman–Crippen LogP) is 6.03. The molecular weight excluding hydrogens is 516 g/mol. The van der Waals surface area contributed by atoms with E-state index in [9.17, 15) is 9.59 Å². The number of nitrogens with zero attached hydrogens (tertiary/aromatic N) is 3. The molecule has 2 amide bonds. The van der Waals surface area contributed by atoms with Crippen LogP contribution in [0.2, 0.25) is 0 Å². The highest BCUT2D eigenvalue weighted by Crippen LogP contribution is 2.32. The first-order chi connectivity index (χ1) is 18.5. The van der Waals surface area contributed by atoms with E-state index in [-0.39, 0.29) is 11.3 Å². The number of esters is 1. The number of thiazole rings is 1. The highest BCUT2D eigenvalue weighted by atomic mass is 32.1. The molecule has 0 fully saturated rings. The van der Waals surface area contributed by atoms with E-state index < -0.39 is 18.0 Å². The summed E-state index contributed by atoms with van der Waals surface area (Å²) in [7, 11) is 0. The van der Waals surface area contributed by atoms with Crippen molar-refractivity contribution in [3.8, 4) is 17.0 Å². The lowest BCUT2D eigenvalue weighted by atomic mass is 9.93. The van der Waals surface area contributed by atoms with Crippen LogP contribution in [-0.2, 0) is 10.2 Å². The molecule has 3 heterocycles. The SMILES string of the molecule is CC(C)[C@@H](N)C(=O)Oc1ccc2c(c1)sc1nc(-c3ccc(NC(=O)Nc4cc(C(C)(C)C)on4)cc3)cn12. The third-order valence-electron chi connectivity index (χ3n) is 6.20. The fraction of sp³-hybridized carbons (Fsp3) is 0.286. The van der Waals surface area contributed by atoms with Gasteiger partial charge in [-0.1, -0.05) is 63.2 Å². The summed E-state index contributed by atoms with van der Waals surface area (Å²) in [5, 5.41) is 9.38. The topological polar surface area (TPSA) is 137 Å². The van der Waals surface area contributed by atoms with E-state index in [1.54, 1.807) is 12.1 Å². The first-order valence-corrected chi connectivity index (χ1v) is 13.3. The largest absolute Gasteiger partial charge is 0.425 e. The Morgan fingerprint density at radius 2 is 1.82 bits per heavy atom. The van der Waals surface area contributed by atoms with Crippen LogP contribution in [0, 0.1) is 5.92 Å². The maximum atomic E-state index is 12.4. The van der Waals surface area contributed by atoms with Crippen LogP contribution >= 0.6 is 11.3 Å². The number of carbonyl (C=O) groups is 2. The van der Waals surface area contributed by atoms with Crippen LogP contribution in [0.1, 0.15) is 40.4 Å². The van der Waals surface area contributed by atoms with Crippen molar-refractivity contribution in [3.63, 3.8) is 0 Å². The van der Waals surface area contributed by atoms with Crippen LogP contribution < -0.4 is 21.1 Å². The molecule has 0 bridgehead atoms. The summed E-state index contributed by atoms with van der Waals surface area (Å²) in [5.41, 5.74) is 8.99. The Labute approximate surface area is 229 Å². The van der Waals surface area contributed by atoms with Crippen molar-refractivity contribution in [2.45, 2.75) is 46.1 Å². The van der Waals surface area contributed by atoms with E-state index >= 15 is 0 Å². The summed E-state index contributed by atoms with van der Waals surface area (Å²) in [6.45, 7) is 9.78. The van der Waals surface area contributed by atoms with Gasteiger partial charge >= 0.3 is 12.0 Å². The van der Waals surface area contributed by atoms with E-state index in [0.29, 0.717) is 23.0 Å². The van der Waals surface area contributed by atoms with Crippen LogP contribution in [0.25, 0.3) is 26.4 Å². The van der Waals surface area contributed by atoms with Crippen molar-refractivity contribution in [1.82, 2.24) is 14.5 Å². The molecule has 5 aromatic rings. The lowest BCUT2D eigenvalue weighted by molar-refractivity contribution is -0.136. The highest BCUT2D eigenvalue weighted by molar-refractivity contribution is 7.23. The Morgan fingerprint density at radius 3 is 2.49 bits per heavy atom. The van der Waals surface area contributed by atoms with Gasteiger partial charge < -0.3 is 20.3 Å². The quantitative estimate of drug-likeness (QED) is 0.175. The summed E-state index contributed by atoms with van der Waals surface area (Å²) in [6, 6.07) is 13.5. The Balaban J connectivity index is 1.26. The third-order valence-corrected chi connectivity index (χ3v) is 7.22. The molecule has 4 N–H and O–H groups in total. The van der Waals surface area contributed by atoms with Gasteiger partial charge in [0.25, 0.3) is 0 Å². The van der Waals surface area contributed by atoms with Crippen molar-refractivity contribution in [2.24, 2.45) is 11.7 Å². The van der Waals surface area contributed by atoms with Crippen molar-refractivity contribution < 1.29 is 18.8 Å². The van der Waals surface area contributed by atoms with E-state index in [0.717, 1.165) is 26.4 Å². The van der Waals surface area contributed by atoms with Gasteiger partial charge in [0.2, 0.25) is 0 Å². The minimum absolute atomic E-state index is 0.00647. The van der Waals surface area contributed by atoms with Gasteiger partial charge in [0, 0.05) is 35.0 Å². The zero-order chi connectivity index (χ0) is 27.9. The average molecular weight is 547 g/mol. The number of benzene rings is 2. The van der Waals surface area contributed by atoms with Gasteiger partial charge in [-0.3, -0.25) is 9.72 Å². The normalized spacial score (nSPS) is 12.7. The molecule has 11 heteroatoms. The fourth-order valence-electron chi connectivity index (χ4n) is 3.83. The molecule has 3 aromatic heterocycles. The Hall–Kier alpha value is -4.22. The molecule has 5 rings (SSSR count). The minimum atomic E-state index is -0.671. The number of ether oxygens (including phenoxy) is 1. The number of rotatable bonds is 6. The number of fused-ring (bicyclic) bond motifs is 3. The number of hydrogen-bond acceptors (Lipinski definition) is 8. The number of amides is 2. The molecule has 0 radical (unpaired) electrons. The van der Waals surface area contributed by atoms with E-state index in [4.69, 9.17) is 20.0 Å². The molecule has 1 atom stereocenters. The zero-order valence-electron chi connectivity index (χ0n) is 22.3. The van der Waals surface area contributed by atoms with Crippen molar-refractivity contribution in [1.29, 1.82) is 0 Å². The number of aromatic nitrogens is 3. The summed E-state index contributed by atoms with van der Waals surface area (Å²) in [5.74, 6) is 1.04. The number of carbonyl (C=O) groups excluding carboxylic acids is 2. The van der Waals surface area contributed by atoms with Crippen molar-refractivity contribution in [2.75, 3.05) is 10.6 Å². The summed E-state index contributed by atoms with van der Waals surface area (Å²) in [6.07, 6.45) is 1.96. The lowest BCUT2D eigenvalue weighted by Gasteiger charge is -2.14. The van der Waals surface area contributed by atoms with Gasteiger partial charge in [-0.2, -0.15) is 0 Å². The number of imidazole rings is 1. The number of hydrogen-bond donors (Lipinski definition) is 3. The van der Waals surface area contributed by atoms with Crippen LogP contribution in [0.5, 0.6) is 5.75 Å². The third kappa shape index (κ3) is 5.64. The number of nitrogens with two attached hydrogens (primary N) is 1. The molecule has 0 aliphatic rings. The molecule has 202 valence electrons. The van der Waals surface area contributed by atoms with Crippen molar-refractivity contribution in [3.05, 3.63) is 60.5 Å². The van der Waals surface area contributed by atoms with Gasteiger partial charge in [0.1, 0.15) is 17.6 Å².